The van der Waals surface area contributed by atoms with Crippen LogP contribution in [0.15, 0.2) is 66.9 Å². The lowest BCUT2D eigenvalue weighted by Gasteiger charge is -2.26. The maximum Gasteiger partial charge on any atom is 0.159 e. The number of fused-ring (bicyclic) bond motifs is 2. The number of nitrogens with one attached hydrogen (secondary N) is 1. The Balaban J connectivity index is 1.25. The van der Waals surface area contributed by atoms with Gasteiger partial charge >= 0.3 is 0 Å². The van der Waals surface area contributed by atoms with E-state index >= 15 is 0 Å². The first-order valence-electron chi connectivity index (χ1n) is 12.2. The van der Waals surface area contributed by atoms with Crippen molar-refractivity contribution in [3.05, 3.63) is 78.0 Å². The van der Waals surface area contributed by atoms with Crippen LogP contribution in [0, 0.1) is 0 Å². The van der Waals surface area contributed by atoms with E-state index in [0.29, 0.717) is 12.6 Å². The van der Waals surface area contributed by atoms with Gasteiger partial charge < -0.3 is 15.0 Å². The van der Waals surface area contributed by atoms with Crippen LogP contribution < -0.4 is 15.0 Å². The Labute approximate surface area is 200 Å². The van der Waals surface area contributed by atoms with Crippen LogP contribution in [0.2, 0.25) is 0 Å². The fraction of sp³-hybridized carbons (Fsp3) is 0.333. The summed E-state index contributed by atoms with van der Waals surface area (Å²) in [7, 11) is 0. The van der Waals surface area contributed by atoms with Crippen molar-refractivity contribution < 1.29 is 4.74 Å². The van der Waals surface area contributed by atoms with Gasteiger partial charge in [-0.05, 0) is 49.6 Å². The predicted molar refractivity (Wildman–Crippen MR) is 135 cm³/mol. The zero-order chi connectivity index (χ0) is 22.9. The number of nitrogens with zero attached hydrogens (tertiary/aromatic N) is 5. The minimum absolute atomic E-state index is 0.487. The maximum atomic E-state index is 5.59. The number of benzene rings is 2. The molecule has 0 saturated carbocycles. The minimum Gasteiger partial charge on any atom is -0.494 e. The van der Waals surface area contributed by atoms with Gasteiger partial charge in [0.2, 0.25) is 0 Å². The second-order valence-electron chi connectivity index (χ2n) is 9.05. The Morgan fingerprint density at radius 1 is 1.03 bits per heavy atom. The average molecular weight is 455 g/mol. The van der Waals surface area contributed by atoms with Gasteiger partial charge in [0.1, 0.15) is 17.4 Å². The summed E-state index contributed by atoms with van der Waals surface area (Å²) in [5.74, 6) is 2.99. The van der Waals surface area contributed by atoms with Gasteiger partial charge in [-0.25, -0.2) is 4.98 Å². The quantitative estimate of drug-likeness (QED) is 0.444. The molecule has 7 heteroatoms. The first-order valence-corrected chi connectivity index (χ1v) is 12.2. The third-order valence-corrected chi connectivity index (χ3v) is 6.85. The molecule has 1 saturated heterocycles. The zero-order valence-corrected chi connectivity index (χ0v) is 19.5. The molecular weight excluding hydrogens is 424 g/mol. The predicted octanol–water partition coefficient (Wildman–Crippen LogP) is 4.51. The van der Waals surface area contributed by atoms with Gasteiger partial charge in [0.25, 0.3) is 0 Å². The molecular formula is C27H30N6O. The molecule has 34 heavy (non-hydrogen) atoms. The molecule has 0 amide bonds. The van der Waals surface area contributed by atoms with Crippen molar-refractivity contribution in [2.45, 2.75) is 32.4 Å². The van der Waals surface area contributed by atoms with E-state index in [-0.39, 0.29) is 0 Å². The van der Waals surface area contributed by atoms with Crippen molar-refractivity contribution in [1.29, 1.82) is 0 Å². The normalized spacial score (nSPS) is 17.9. The number of rotatable bonds is 7. The van der Waals surface area contributed by atoms with Gasteiger partial charge in [0, 0.05) is 49.5 Å². The molecule has 0 spiro atoms. The maximum absolute atomic E-state index is 5.59. The third-order valence-electron chi connectivity index (χ3n) is 6.85. The monoisotopic (exact) mass is 454 g/mol. The van der Waals surface area contributed by atoms with Gasteiger partial charge in [0.15, 0.2) is 5.65 Å². The third kappa shape index (κ3) is 3.96. The summed E-state index contributed by atoms with van der Waals surface area (Å²) in [4.78, 5) is 10.1. The van der Waals surface area contributed by atoms with Crippen LogP contribution in [-0.4, -0.2) is 51.8 Å². The van der Waals surface area contributed by atoms with Crippen molar-refractivity contribution in [2.75, 3.05) is 36.5 Å². The van der Waals surface area contributed by atoms with Gasteiger partial charge in [-0.2, -0.15) is 9.61 Å². The summed E-state index contributed by atoms with van der Waals surface area (Å²) in [6.45, 7) is 6.87. The number of anilines is 3. The van der Waals surface area contributed by atoms with Crippen molar-refractivity contribution in [2.24, 2.45) is 0 Å². The summed E-state index contributed by atoms with van der Waals surface area (Å²) in [5, 5.41) is 8.18. The van der Waals surface area contributed by atoms with Crippen molar-refractivity contribution in [1.82, 2.24) is 19.5 Å². The standard InChI is InChI=1S/C27H30N6O/c1-2-34-23-10-8-21(9-11-23)29-27-24-14-17-32(26(24)30-25-12-15-28-33(25)27)22-13-16-31(19-22)18-20-6-4-3-5-7-20/h3-12,15,22,29H,2,13-14,16-19H2,1H3. The summed E-state index contributed by atoms with van der Waals surface area (Å²) >= 11 is 0. The van der Waals surface area contributed by atoms with Crippen molar-refractivity contribution in [3.8, 4) is 5.75 Å². The highest BCUT2D eigenvalue weighted by Gasteiger charge is 2.34. The molecule has 2 aliphatic heterocycles. The molecule has 1 atom stereocenters. The molecule has 1 fully saturated rings. The number of ether oxygens (including phenoxy) is 1. The number of hydrogen-bond donors (Lipinski definition) is 1. The van der Waals surface area contributed by atoms with Gasteiger partial charge in [0.05, 0.1) is 12.8 Å². The largest absolute Gasteiger partial charge is 0.494 e. The van der Waals surface area contributed by atoms with Crippen LogP contribution in [0.5, 0.6) is 5.75 Å². The molecule has 6 rings (SSSR count). The van der Waals surface area contributed by atoms with Crippen LogP contribution in [-0.2, 0) is 13.0 Å². The smallest absolute Gasteiger partial charge is 0.159 e. The van der Waals surface area contributed by atoms with Gasteiger partial charge in [-0.3, -0.25) is 4.90 Å². The molecule has 1 N–H and O–H groups in total. The van der Waals surface area contributed by atoms with Gasteiger partial charge in [-0.15, -0.1) is 0 Å². The lowest BCUT2D eigenvalue weighted by molar-refractivity contribution is 0.325. The Morgan fingerprint density at radius 2 is 1.88 bits per heavy atom. The van der Waals surface area contributed by atoms with Crippen LogP contribution in [0.4, 0.5) is 17.3 Å². The topological polar surface area (TPSA) is 57.9 Å². The van der Waals surface area contributed by atoms with E-state index in [4.69, 9.17) is 9.72 Å². The number of aromatic nitrogens is 3. The van der Waals surface area contributed by atoms with E-state index < -0.39 is 0 Å². The first kappa shape index (κ1) is 21.0. The lowest BCUT2D eigenvalue weighted by Crippen LogP contribution is -2.36. The average Bonchev–Trinajstić information content (AvgIpc) is 3.61. The van der Waals surface area contributed by atoms with E-state index in [9.17, 15) is 0 Å². The van der Waals surface area contributed by atoms with E-state index in [0.717, 1.165) is 61.3 Å². The first-order chi connectivity index (χ1) is 16.8. The number of likely N-dealkylation sites (tertiary alicyclic amines) is 1. The summed E-state index contributed by atoms with van der Waals surface area (Å²) in [6.07, 6.45) is 3.95. The molecule has 174 valence electrons. The SMILES string of the molecule is CCOc1ccc(Nc2c3c(nc4ccnn24)N(C2CCN(Cc4ccccc4)C2)CC3)cc1. The zero-order valence-electron chi connectivity index (χ0n) is 19.5. The van der Waals surface area contributed by atoms with E-state index in [1.807, 2.05) is 35.8 Å². The fourth-order valence-electron chi connectivity index (χ4n) is 5.24. The highest BCUT2D eigenvalue weighted by Crippen LogP contribution is 2.37. The minimum atomic E-state index is 0.487. The van der Waals surface area contributed by atoms with Crippen LogP contribution in [0.1, 0.15) is 24.5 Å². The molecule has 2 aromatic carbocycles. The lowest BCUT2D eigenvalue weighted by atomic mass is 10.2. The molecule has 1 unspecified atom stereocenters. The van der Waals surface area contributed by atoms with Crippen LogP contribution in [0.3, 0.4) is 0 Å². The highest BCUT2D eigenvalue weighted by molar-refractivity contribution is 5.72. The summed E-state index contributed by atoms with van der Waals surface area (Å²) in [6, 6.07) is 21.3. The molecule has 0 aliphatic carbocycles. The van der Waals surface area contributed by atoms with Crippen molar-refractivity contribution >= 4 is 23.0 Å². The van der Waals surface area contributed by atoms with Crippen LogP contribution in [0.25, 0.3) is 5.65 Å². The molecule has 2 aromatic heterocycles. The Bertz CT molecular complexity index is 1270. The molecule has 7 nitrogen and oxygen atoms in total. The van der Waals surface area contributed by atoms with E-state index in [2.05, 4.69) is 62.7 Å². The molecule has 0 bridgehead atoms. The highest BCUT2D eigenvalue weighted by atomic mass is 16.5. The Kier molecular flexibility index (Phi) is 5.55. The Hall–Kier alpha value is -3.58. The van der Waals surface area contributed by atoms with Gasteiger partial charge in [-0.1, -0.05) is 30.3 Å². The second-order valence-corrected chi connectivity index (χ2v) is 9.05. The number of hydrogen-bond acceptors (Lipinski definition) is 6. The van der Waals surface area contributed by atoms with Crippen LogP contribution >= 0.6 is 0 Å². The fourth-order valence-corrected chi connectivity index (χ4v) is 5.24. The second kappa shape index (κ2) is 8.99. The Morgan fingerprint density at radius 3 is 2.71 bits per heavy atom. The molecule has 0 radical (unpaired) electrons. The summed E-state index contributed by atoms with van der Waals surface area (Å²) < 4.78 is 7.52. The van der Waals surface area contributed by atoms with E-state index in [1.54, 1.807) is 0 Å². The molecule has 4 heterocycles. The molecule has 2 aliphatic rings. The van der Waals surface area contributed by atoms with Crippen molar-refractivity contribution in [3.63, 3.8) is 0 Å². The summed E-state index contributed by atoms with van der Waals surface area (Å²) in [5.41, 5.74) is 4.51. The van der Waals surface area contributed by atoms with E-state index in [1.165, 1.54) is 17.5 Å². The molecule has 4 aromatic rings.